The summed E-state index contributed by atoms with van der Waals surface area (Å²) >= 11 is 0. The van der Waals surface area contributed by atoms with E-state index in [9.17, 15) is 13.2 Å². The lowest BCUT2D eigenvalue weighted by Gasteiger charge is -2.16. The number of anilines is 1. The number of nitrogens with zero attached hydrogens (tertiary/aromatic N) is 1. The third kappa shape index (κ3) is 3.24. The van der Waals surface area contributed by atoms with Crippen LogP contribution >= 0.6 is 0 Å². The predicted octanol–water partition coefficient (Wildman–Crippen LogP) is 1.23. The normalized spacial score (nSPS) is 16.3. The van der Waals surface area contributed by atoms with E-state index >= 15 is 0 Å². The van der Waals surface area contributed by atoms with Gasteiger partial charge in [-0.2, -0.15) is 12.7 Å². The van der Waals surface area contributed by atoms with Crippen molar-refractivity contribution in [2.75, 3.05) is 24.9 Å². The minimum absolute atomic E-state index is 0.381. The fourth-order valence-electron chi connectivity index (χ4n) is 1.93. The molecule has 1 N–H and O–H groups in total. The molecule has 1 aliphatic heterocycles. The van der Waals surface area contributed by atoms with Crippen molar-refractivity contribution in [1.29, 1.82) is 0 Å². The Hall–Kier alpha value is -1.60. The summed E-state index contributed by atoms with van der Waals surface area (Å²) in [4.78, 5) is 11.2. The number of benzene rings is 1. The zero-order valence-electron chi connectivity index (χ0n) is 10.6. The van der Waals surface area contributed by atoms with Gasteiger partial charge >= 0.3 is 16.2 Å². The molecule has 0 spiro atoms. The molecule has 0 unspecified atom stereocenters. The van der Waals surface area contributed by atoms with Gasteiger partial charge in [0.15, 0.2) is 0 Å². The molecule has 0 aliphatic carbocycles. The van der Waals surface area contributed by atoms with Crippen LogP contribution in [-0.4, -0.2) is 38.9 Å². The molecule has 1 saturated heterocycles. The van der Waals surface area contributed by atoms with E-state index < -0.39 is 16.2 Å². The molecule has 0 aromatic heterocycles. The van der Waals surface area contributed by atoms with Crippen LogP contribution in [-0.2, 0) is 14.9 Å². The second-order valence-corrected chi connectivity index (χ2v) is 5.95. The van der Waals surface area contributed by atoms with Crippen LogP contribution in [0.5, 0.6) is 0 Å². The number of ether oxygens (including phenoxy) is 1. The van der Waals surface area contributed by atoms with Gasteiger partial charge in [-0.25, -0.2) is 4.79 Å². The molecule has 7 heteroatoms. The Bertz CT molecular complexity index is 548. The number of esters is 1. The van der Waals surface area contributed by atoms with Gasteiger partial charge in [0.2, 0.25) is 0 Å². The molecular formula is C12H16N2O4S. The number of carbonyl (C=O) groups is 1. The highest BCUT2D eigenvalue weighted by Gasteiger charge is 2.24. The highest BCUT2D eigenvalue weighted by atomic mass is 32.2. The Labute approximate surface area is 112 Å². The monoisotopic (exact) mass is 284 g/mol. The van der Waals surface area contributed by atoms with Crippen molar-refractivity contribution in [3.63, 3.8) is 0 Å². The Balaban J connectivity index is 2.09. The number of hydrogen-bond acceptors (Lipinski definition) is 4. The topological polar surface area (TPSA) is 75.7 Å². The Kier molecular flexibility index (Phi) is 4.06. The third-order valence-corrected chi connectivity index (χ3v) is 4.50. The van der Waals surface area contributed by atoms with Gasteiger partial charge in [0.1, 0.15) is 0 Å². The van der Waals surface area contributed by atoms with Crippen LogP contribution < -0.4 is 4.72 Å². The quantitative estimate of drug-likeness (QED) is 0.844. The van der Waals surface area contributed by atoms with Gasteiger partial charge in [-0.05, 0) is 37.1 Å². The van der Waals surface area contributed by atoms with Crippen molar-refractivity contribution in [2.45, 2.75) is 12.8 Å². The molecule has 0 saturated carbocycles. The van der Waals surface area contributed by atoms with Crippen molar-refractivity contribution in [3.05, 3.63) is 29.8 Å². The van der Waals surface area contributed by atoms with Crippen LogP contribution in [0.1, 0.15) is 23.2 Å². The fourth-order valence-corrected chi connectivity index (χ4v) is 3.24. The molecule has 1 aliphatic rings. The maximum absolute atomic E-state index is 12.0. The number of methoxy groups -OCH3 is 1. The lowest BCUT2D eigenvalue weighted by molar-refractivity contribution is 0.0601. The minimum Gasteiger partial charge on any atom is -0.465 e. The summed E-state index contributed by atoms with van der Waals surface area (Å²) in [6.07, 6.45) is 1.78. The van der Waals surface area contributed by atoms with Crippen LogP contribution in [0.3, 0.4) is 0 Å². The fraction of sp³-hybridized carbons (Fsp3) is 0.417. The molecule has 1 aromatic rings. The van der Waals surface area contributed by atoms with E-state index in [0.717, 1.165) is 12.8 Å². The van der Waals surface area contributed by atoms with Crippen LogP contribution in [0.15, 0.2) is 24.3 Å². The predicted molar refractivity (Wildman–Crippen MR) is 71.1 cm³/mol. The number of rotatable bonds is 4. The van der Waals surface area contributed by atoms with Crippen LogP contribution in [0.4, 0.5) is 5.69 Å². The average Bonchev–Trinajstić information content (AvgIpc) is 2.93. The molecule has 6 nitrogen and oxygen atoms in total. The van der Waals surface area contributed by atoms with Gasteiger partial charge in [0.25, 0.3) is 0 Å². The molecule has 104 valence electrons. The van der Waals surface area contributed by atoms with E-state index in [1.54, 1.807) is 12.1 Å². The average molecular weight is 284 g/mol. The summed E-state index contributed by atoms with van der Waals surface area (Å²) in [5.41, 5.74) is 0.811. The van der Waals surface area contributed by atoms with E-state index in [1.165, 1.54) is 23.5 Å². The highest BCUT2D eigenvalue weighted by Crippen LogP contribution is 2.17. The van der Waals surface area contributed by atoms with Gasteiger partial charge in [0.05, 0.1) is 12.7 Å². The van der Waals surface area contributed by atoms with E-state index in [0.29, 0.717) is 24.3 Å². The van der Waals surface area contributed by atoms with Crippen molar-refractivity contribution in [2.24, 2.45) is 0 Å². The summed E-state index contributed by atoms with van der Waals surface area (Å²) < 4.78 is 32.5. The first kappa shape index (κ1) is 13.8. The molecule has 0 atom stereocenters. The summed E-state index contributed by atoms with van der Waals surface area (Å²) in [6, 6.07) is 6.13. The molecule has 0 bridgehead atoms. The summed E-state index contributed by atoms with van der Waals surface area (Å²) in [5.74, 6) is -0.450. The first-order valence-corrected chi connectivity index (χ1v) is 7.43. The second kappa shape index (κ2) is 5.58. The van der Waals surface area contributed by atoms with Gasteiger partial charge in [-0.1, -0.05) is 0 Å². The van der Waals surface area contributed by atoms with Gasteiger partial charge in [0, 0.05) is 18.8 Å². The zero-order chi connectivity index (χ0) is 13.9. The second-order valence-electron chi connectivity index (χ2n) is 4.28. The van der Waals surface area contributed by atoms with Crippen molar-refractivity contribution >= 4 is 21.9 Å². The number of hydrogen-bond donors (Lipinski definition) is 1. The molecular weight excluding hydrogens is 268 g/mol. The maximum Gasteiger partial charge on any atom is 0.337 e. The van der Waals surface area contributed by atoms with E-state index in [4.69, 9.17) is 0 Å². The largest absolute Gasteiger partial charge is 0.465 e. The molecule has 1 aromatic carbocycles. The van der Waals surface area contributed by atoms with Gasteiger partial charge < -0.3 is 4.74 Å². The first-order chi connectivity index (χ1) is 9.03. The van der Waals surface area contributed by atoms with Crippen molar-refractivity contribution < 1.29 is 17.9 Å². The lowest BCUT2D eigenvalue weighted by Crippen LogP contribution is -2.33. The van der Waals surface area contributed by atoms with Crippen LogP contribution in [0, 0.1) is 0 Å². The summed E-state index contributed by atoms with van der Waals surface area (Å²) in [7, 11) is -2.19. The van der Waals surface area contributed by atoms with Crippen LogP contribution in [0.25, 0.3) is 0 Å². The van der Waals surface area contributed by atoms with E-state index in [2.05, 4.69) is 9.46 Å². The zero-order valence-corrected chi connectivity index (χ0v) is 11.4. The van der Waals surface area contributed by atoms with Crippen molar-refractivity contribution in [1.82, 2.24) is 4.31 Å². The van der Waals surface area contributed by atoms with Gasteiger partial charge in [-0.15, -0.1) is 0 Å². The smallest absolute Gasteiger partial charge is 0.337 e. The Morgan fingerprint density at radius 2 is 1.79 bits per heavy atom. The molecule has 1 fully saturated rings. The van der Waals surface area contributed by atoms with Crippen LogP contribution in [0.2, 0.25) is 0 Å². The number of carbonyl (C=O) groups excluding carboxylic acids is 1. The Morgan fingerprint density at radius 3 is 2.32 bits per heavy atom. The molecule has 19 heavy (non-hydrogen) atoms. The summed E-state index contributed by atoms with van der Waals surface area (Å²) in [6.45, 7) is 1.10. The summed E-state index contributed by atoms with van der Waals surface area (Å²) in [5, 5.41) is 0. The number of nitrogens with one attached hydrogen (secondary N) is 1. The third-order valence-electron chi connectivity index (χ3n) is 2.96. The SMILES string of the molecule is COC(=O)c1ccc(NS(=O)(=O)N2CCCC2)cc1. The standard InChI is InChI=1S/C12H16N2O4S/c1-18-12(15)10-4-6-11(7-5-10)13-19(16,17)14-8-2-3-9-14/h4-7,13H,2-3,8-9H2,1H3. The van der Waals surface area contributed by atoms with Crippen molar-refractivity contribution in [3.8, 4) is 0 Å². The van der Waals surface area contributed by atoms with Gasteiger partial charge in [-0.3, -0.25) is 4.72 Å². The molecule has 1 heterocycles. The molecule has 2 rings (SSSR count). The van der Waals surface area contributed by atoms with E-state index in [-0.39, 0.29) is 0 Å². The maximum atomic E-state index is 12.0. The lowest BCUT2D eigenvalue weighted by atomic mass is 10.2. The first-order valence-electron chi connectivity index (χ1n) is 5.99. The highest BCUT2D eigenvalue weighted by molar-refractivity contribution is 7.90. The molecule has 0 radical (unpaired) electrons. The minimum atomic E-state index is -3.48. The Morgan fingerprint density at radius 1 is 1.21 bits per heavy atom. The van der Waals surface area contributed by atoms with E-state index in [1.807, 2.05) is 0 Å². The molecule has 0 amide bonds.